The highest BCUT2D eigenvalue weighted by Crippen LogP contribution is 2.18. The molecule has 0 fully saturated rings. The molecular formula is C14H15FN2O2S. The molecule has 1 aromatic carbocycles. The fourth-order valence-corrected chi connectivity index (χ4v) is 2.54. The van der Waals surface area contributed by atoms with Crippen LogP contribution in [-0.2, 0) is 0 Å². The number of amides is 1. The summed E-state index contributed by atoms with van der Waals surface area (Å²) < 4.78 is 13.9. The highest BCUT2D eigenvalue weighted by molar-refractivity contribution is 7.07. The number of anilines is 1. The van der Waals surface area contributed by atoms with Gasteiger partial charge in [-0.3, -0.25) is 4.79 Å². The number of carbonyl (C=O) groups excluding carboxylic acids is 1. The summed E-state index contributed by atoms with van der Waals surface area (Å²) in [6.07, 6.45) is -0.810. The summed E-state index contributed by atoms with van der Waals surface area (Å²) in [7, 11) is 0. The van der Waals surface area contributed by atoms with E-state index in [0.717, 1.165) is 5.56 Å². The zero-order chi connectivity index (χ0) is 14.7. The van der Waals surface area contributed by atoms with Crippen molar-refractivity contribution in [1.29, 1.82) is 0 Å². The quantitative estimate of drug-likeness (QED) is 0.757. The second kappa shape index (κ2) is 6.02. The summed E-state index contributed by atoms with van der Waals surface area (Å²) in [5.41, 5.74) is 6.86. The van der Waals surface area contributed by atoms with Crippen molar-refractivity contribution in [3.05, 3.63) is 51.5 Å². The van der Waals surface area contributed by atoms with E-state index in [9.17, 15) is 14.3 Å². The number of nitrogen functional groups attached to an aromatic ring is 1. The summed E-state index contributed by atoms with van der Waals surface area (Å²) in [5, 5.41) is 16.0. The molecule has 4 N–H and O–H groups in total. The number of aliphatic hydroxyl groups excluding tert-OH is 1. The summed E-state index contributed by atoms with van der Waals surface area (Å²) in [6.45, 7) is 1.56. The van der Waals surface area contributed by atoms with Crippen molar-refractivity contribution in [1.82, 2.24) is 5.32 Å². The number of nitrogens with one attached hydrogen (secondary N) is 1. The smallest absolute Gasteiger partial charge is 0.254 e. The average molecular weight is 294 g/mol. The van der Waals surface area contributed by atoms with Crippen LogP contribution in [0.25, 0.3) is 0 Å². The Kier molecular flexibility index (Phi) is 4.36. The van der Waals surface area contributed by atoms with E-state index in [0.29, 0.717) is 11.3 Å². The van der Waals surface area contributed by atoms with E-state index in [1.807, 2.05) is 5.38 Å². The average Bonchev–Trinajstić information content (AvgIpc) is 2.93. The third-order valence-electron chi connectivity index (χ3n) is 2.91. The second-order valence-corrected chi connectivity index (χ2v) is 5.26. The molecule has 1 atom stereocenters. The molecule has 1 heterocycles. The van der Waals surface area contributed by atoms with Crippen molar-refractivity contribution in [2.24, 2.45) is 0 Å². The fourth-order valence-electron chi connectivity index (χ4n) is 1.83. The Morgan fingerprint density at radius 1 is 1.55 bits per heavy atom. The molecule has 1 amide bonds. The molecule has 0 aliphatic carbocycles. The minimum absolute atomic E-state index is 0.0167. The first-order valence-corrected chi connectivity index (χ1v) is 6.97. The van der Waals surface area contributed by atoms with Gasteiger partial charge in [-0.25, -0.2) is 4.39 Å². The molecule has 0 spiro atoms. The van der Waals surface area contributed by atoms with Crippen LogP contribution >= 0.6 is 11.3 Å². The van der Waals surface area contributed by atoms with Gasteiger partial charge in [-0.05, 0) is 47.0 Å². The minimum Gasteiger partial charge on any atom is -0.399 e. The van der Waals surface area contributed by atoms with Gasteiger partial charge in [0, 0.05) is 12.2 Å². The highest BCUT2D eigenvalue weighted by atomic mass is 32.1. The fraction of sp³-hybridized carbons (Fsp3) is 0.214. The molecule has 1 aromatic heterocycles. The Labute approximate surface area is 120 Å². The second-order valence-electron chi connectivity index (χ2n) is 4.48. The van der Waals surface area contributed by atoms with Crippen molar-refractivity contribution in [3.63, 3.8) is 0 Å². The van der Waals surface area contributed by atoms with Crippen molar-refractivity contribution in [3.8, 4) is 0 Å². The molecule has 0 saturated carbocycles. The third kappa shape index (κ3) is 3.15. The molecule has 106 valence electrons. The first-order chi connectivity index (χ1) is 9.49. The van der Waals surface area contributed by atoms with Crippen LogP contribution in [0.1, 0.15) is 27.6 Å². The van der Waals surface area contributed by atoms with Gasteiger partial charge in [0.05, 0.1) is 11.7 Å². The van der Waals surface area contributed by atoms with Crippen LogP contribution < -0.4 is 11.1 Å². The number of rotatable bonds is 4. The number of hydrogen-bond donors (Lipinski definition) is 3. The molecule has 2 rings (SSSR count). The van der Waals surface area contributed by atoms with Gasteiger partial charge in [-0.1, -0.05) is 0 Å². The molecule has 0 saturated heterocycles. The lowest BCUT2D eigenvalue weighted by molar-refractivity contribution is 0.0912. The van der Waals surface area contributed by atoms with Crippen LogP contribution in [0.15, 0.2) is 29.0 Å². The Balaban J connectivity index is 2.06. The molecule has 0 aliphatic rings. The first-order valence-electron chi connectivity index (χ1n) is 6.03. The van der Waals surface area contributed by atoms with Crippen LogP contribution in [0.2, 0.25) is 0 Å². The number of aryl methyl sites for hydroxylation is 1. The van der Waals surface area contributed by atoms with Crippen molar-refractivity contribution >= 4 is 22.9 Å². The maximum atomic E-state index is 13.9. The number of nitrogens with two attached hydrogens (primary N) is 1. The number of halogens is 1. The molecule has 2 aromatic rings. The molecule has 0 radical (unpaired) electrons. The first kappa shape index (κ1) is 14.5. The van der Waals surface area contributed by atoms with E-state index in [4.69, 9.17) is 5.73 Å². The van der Waals surface area contributed by atoms with E-state index >= 15 is 0 Å². The van der Waals surface area contributed by atoms with Gasteiger partial charge < -0.3 is 16.2 Å². The molecule has 1 unspecified atom stereocenters. The molecular weight excluding hydrogens is 279 g/mol. The lowest BCUT2D eigenvalue weighted by atomic mass is 10.1. The number of benzene rings is 1. The van der Waals surface area contributed by atoms with E-state index in [2.05, 4.69) is 5.32 Å². The van der Waals surface area contributed by atoms with E-state index < -0.39 is 17.8 Å². The zero-order valence-electron chi connectivity index (χ0n) is 10.9. The summed E-state index contributed by atoms with van der Waals surface area (Å²) >= 11 is 1.46. The Hall–Kier alpha value is -1.92. The predicted octanol–water partition coefficient (Wildman–Crippen LogP) is 2.24. The van der Waals surface area contributed by atoms with Crippen LogP contribution in [0, 0.1) is 12.7 Å². The monoisotopic (exact) mass is 294 g/mol. The zero-order valence-corrected chi connectivity index (χ0v) is 11.7. The van der Waals surface area contributed by atoms with Crippen molar-refractivity contribution in [2.75, 3.05) is 12.3 Å². The number of carbonyl (C=O) groups is 1. The van der Waals surface area contributed by atoms with Crippen molar-refractivity contribution in [2.45, 2.75) is 13.0 Å². The molecule has 4 nitrogen and oxygen atoms in total. The van der Waals surface area contributed by atoms with E-state index in [1.165, 1.54) is 23.5 Å². The molecule has 0 bridgehead atoms. The standard InChI is InChI=1S/C14H15FN2O2S/c1-8-4-10(16)5-11(13(8)15)14(19)17-6-12(18)9-2-3-20-7-9/h2-5,7,12,18H,6,16H2,1H3,(H,17,19). The molecule has 0 aliphatic heterocycles. The lowest BCUT2D eigenvalue weighted by Crippen LogP contribution is -2.29. The maximum Gasteiger partial charge on any atom is 0.254 e. The van der Waals surface area contributed by atoms with Gasteiger partial charge in [0.25, 0.3) is 5.91 Å². The van der Waals surface area contributed by atoms with Crippen LogP contribution in [0.4, 0.5) is 10.1 Å². The largest absolute Gasteiger partial charge is 0.399 e. The molecule has 20 heavy (non-hydrogen) atoms. The van der Waals surface area contributed by atoms with Gasteiger partial charge in [0.1, 0.15) is 5.82 Å². The Morgan fingerprint density at radius 2 is 2.30 bits per heavy atom. The summed E-state index contributed by atoms with van der Waals surface area (Å²) in [4.78, 5) is 11.9. The van der Waals surface area contributed by atoms with Crippen molar-refractivity contribution < 1.29 is 14.3 Å². The van der Waals surface area contributed by atoms with Crippen LogP contribution in [0.5, 0.6) is 0 Å². The van der Waals surface area contributed by atoms with E-state index in [-0.39, 0.29) is 12.1 Å². The number of hydrogen-bond acceptors (Lipinski definition) is 4. The Bertz CT molecular complexity index is 614. The number of aliphatic hydroxyl groups is 1. The maximum absolute atomic E-state index is 13.9. The topological polar surface area (TPSA) is 75.4 Å². The van der Waals surface area contributed by atoms with Gasteiger partial charge in [0.2, 0.25) is 0 Å². The third-order valence-corrected chi connectivity index (χ3v) is 3.61. The number of thiophene rings is 1. The van der Waals surface area contributed by atoms with Gasteiger partial charge in [-0.2, -0.15) is 11.3 Å². The predicted molar refractivity (Wildman–Crippen MR) is 77.2 cm³/mol. The molecule has 6 heteroatoms. The van der Waals surface area contributed by atoms with E-state index in [1.54, 1.807) is 18.4 Å². The Morgan fingerprint density at radius 3 is 2.95 bits per heavy atom. The van der Waals surface area contributed by atoms with Gasteiger partial charge >= 0.3 is 0 Å². The normalized spacial score (nSPS) is 12.2. The van der Waals surface area contributed by atoms with Gasteiger partial charge in [0.15, 0.2) is 0 Å². The van der Waals surface area contributed by atoms with Crippen LogP contribution in [0.3, 0.4) is 0 Å². The van der Waals surface area contributed by atoms with Crippen LogP contribution in [-0.4, -0.2) is 17.6 Å². The minimum atomic E-state index is -0.810. The summed E-state index contributed by atoms with van der Waals surface area (Å²) in [5.74, 6) is -1.19. The lowest BCUT2D eigenvalue weighted by Gasteiger charge is -2.12. The SMILES string of the molecule is Cc1cc(N)cc(C(=O)NCC(O)c2ccsc2)c1F. The summed E-state index contributed by atoms with van der Waals surface area (Å²) in [6, 6.07) is 4.52. The highest BCUT2D eigenvalue weighted by Gasteiger charge is 2.16. The van der Waals surface area contributed by atoms with Gasteiger partial charge in [-0.15, -0.1) is 0 Å².